The van der Waals surface area contributed by atoms with E-state index in [0.717, 1.165) is 16.2 Å². The number of aromatic nitrogens is 3. The van der Waals surface area contributed by atoms with Gasteiger partial charge in [0.15, 0.2) is 10.6 Å². The van der Waals surface area contributed by atoms with Gasteiger partial charge in [-0.05, 0) is 36.5 Å². The molecule has 1 heterocycles. The monoisotopic (exact) mass is 259 g/mol. The zero-order chi connectivity index (χ0) is 12.7. The second kappa shape index (κ2) is 4.35. The molecule has 94 valence electrons. The van der Waals surface area contributed by atoms with Crippen LogP contribution < -0.4 is 0 Å². The Labute approximate surface area is 112 Å². The van der Waals surface area contributed by atoms with Gasteiger partial charge in [0.25, 0.3) is 0 Å². The van der Waals surface area contributed by atoms with Crippen LogP contribution in [0.3, 0.4) is 0 Å². The Bertz CT molecular complexity index is 603. The summed E-state index contributed by atoms with van der Waals surface area (Å²) >= 11 is 5.30. The van der Waals surface area contributed by atoms with Crippen molar-refractivity contribution in [3.63, 3.8) is 0 Å². The van der Waals surface area contributed by atoms with Crippen LogP contribution in [0.2, 0.25) is 0 Å². The molecule has 1 N–H and O–H groups in total. The number of H-pyrrole nitrogens is 1. The van der Waals surface area contributed by atoms with Gasteiger partial charge in [-0.3, -0.25) is 9.67 Å². The fraction of sp³-hybridized carbons (Fsp3) is 0.429. The topological polar surface area (TPSA) is 33.6 Å². The molecule has 0 aliphatic heterocycles. The molecule has 0 amide bonds. The molecule has 0 bridgehead atoms. The lowest BCUT2D eigenvalue weighted by Gasteiger charge is -2.08. The predicted molar refractivity (Wildman–Crippen MR) is 75.2 cm³/mol. The Kier molecular flexibility index (Phi) is 2.82. The largest absolute Gasteiger partial charge is 0.297 e. The van der Waals surface area contributed by atoms with Crippen molar-refractivity contribution in [1.82, 2.24) is 14.8 Å². The predicted octanol–water partition coefficient (Wildman–Crippen LogP) is 4.07. The third-order valence-electron chi connectivity index (χ3n) is 3.45. The van der Waals surface area contributed by atoms with Gasteiger partial charge in [-0.1, -0.05) is 38.1 Å². The second-order valence-electron chi connectivity index (χ2n) is 5.23. The van der Waals surface area contributed by atoms with Crippen LogP contribution >= 0.6 is 12.2 Å². The van der Waals surface area contributed by atoms with Gasteiger partial charge in [0.1, 0.15) is 0 Å². The number of benzene rings is 1. The van der Waals surface area contributed by atoms with Gasteiger partial charge in [-0.15, -0.1) is 0 Å². The van der Waals surface area contributed by atoms with Crippen molar-refractivity contribution in [2.24, 2.45) is 0 Å². The van der Waals surface area contributed by atoms with Gasteiger partial charge in [0, 0.05) is 11.6 Å². The molecular weight excluding hydrogens is 242 g/mol. The first-order valence-corrected chi connectivity index (χ1v) is 6.85. The summed E-state index contributed by atoms with van der Waals surface area (Å²) in [5.41, 5.74) is 2.49. The third-order valence-corrected chi connectivity index (χ3v) is 3.74. The van der Waals surface area contributed by atoms with Crippen LogP contribution in [0.5, 0.6) is 0 Å². The number of aromatic amines is 1. The fourth-order valence-corrected chi connectivity index (χ4v) is 2.48. The molecule has 0 unspecified atom stereocenters. The van der Waals surface area contributed by atoms with Crippen LogP contribution in [0.4, 0.5) is 0 Å². The van der Waals surface area contributed by atoms with Gasteiger partial charge in [0.2, 0.25) is 0 Å². The first-order valence-electron chi connectivity index (χ1n) is 6.44. The SMILES string of the molecule is CC(C)c1ccc(-c2n[nH]c(=S)n2C2CC2)cc1. The molecule has 0 radical (unpaired) electrons. The van der Waals surface area contributed by atoms with Crippen LogP contribution in [0.25, 0.3) is 11.4 Å². The summed E-state index contributed by atoms with van der Waals surface area (Å²) in [5, 5.41) is 7.28. The summed E-state index contributed by atoms with van der Waals surface area (Å²) in [6.45, 7) is 4.41. The minimum Gasteiger partial charge on any atom is -0.297 e. The van der Waals surface area contributed by atoms with Crippen molar-refractivity contribution in [3.05, 3.63) is 34.6 Å². The van der Waals surface area contributed by atoms with E-state index in [4.69, 9.17) is 12.2 Å². The summed E-state index contributed by atoms with van der Waals surface area (Å²) in [6, 6.07) is 9.18. The number of hydrogen-bond donors (Lipinski definition) is 1. The van der Waals surface area contributed by atoms with Crippen molar-refractivity contribution in [3.8, 4) is 11.4 Å². The van der Waals surface area contributed by atoms with E-state index >= 15 is 0 Å². The van der Waals surface area contributed by atoms with E-state index in [9.17, 15) is 0 Å². The Morgan fingerprint density at radius 2 is 1.94 bits per heavy atom. The molecule has 0 saturated heterocycles. The molecule has 3 nitrogen and oxygen atoms in total. The maximum atomic E-state index is 5.30. The first-order chi connectivity index (χ1) is 8.66. The lowest BCUT2D eigenvalue weighted by atomic mass is 10.0. The van der Waals surface area contributed by atoms with Gasteiger partial charge >= 0.3 is 0 Å². The summed E-state index contributed by atoms with van der Waals surface area (Å²) in [7, 11) is 0. The van der Waals surface area contributed by atoms with Gasteiger partial charge in [0.05, 0.1) is 0 Å². The van der Waals surface area contributed by atoms with E-state index in [1.165, 1.54) is 18.4 Å². The molecule has 1 aromatic carbocycles. The molecule has 1 aromatic heterocycles. The van der Waals surface area contributed by atoms with Crippen LogP contribution in [-0.4, -0.2) is 14.8 Å². The average molecular weight is 259 g/mol. The zero-order valence-corrected chi connectivity index (χ0v) is 11.5. The van der Waals surface area contributed by atoms with Crippen molar-refractivity contribution in [1.29, 1.82) is 0 Å². The summed E-state index contributed by atoms with van der Waals surface area (Å²) in [4.78, 5) is 0. The lowest BCUT2D eigenvalue weighted by molar-refractivity contribution is 0.735. The first kappa shape index (κ1) is 11.7. The second-order valence-corrected chi connectivity index (χ2v) is 5.62. The van der Waals surface area contributed by atoms with Gasteiger partial charge < -0.3 is 0 Å². The maximum Gasteiger partial charge on any atom is 0.195 e. The molecule has 3 rings (SSSR count). The molecule has 4 heteroatoms. The Hall–Kier alpha value is -1.42. The molecule has 1 fully saturated rings. The van der Waals surface area contributed by atoms with Crippen LogP contribution in [0.15, 0.2) is 24.3 Å². The molecule has 2 aromatic rings. The van der Waals surface area contributed by atoms with E-state index < -0.39 is 0 Å². The molecule has 0 spiro atoms. The summed E-state index contributed by atoms with van der Waals surface area (Å²) < 4.78 is 2.89. The minimum absolute atomic E-state index is 0.552. The average Bonchev–Trinajstić information content (AvgIpc) is 3.13. The van der Waals surface area contributed by atoms with Crippen molar-refractivity contribution >= 4 is 12.2 Å². The highest BCUT2D eigenvalue weighted by atomic mass is 32.1. The summed E-state index contributed by atoms with van der Waals surface area (Å²) in [5.74, 6) is 1.53. The van der Waals surface area contributed by atoms with Crippen molar-refractivity contribution in [2.75, 3.05) is 0 Å². The number of rotatable bonds is 3. The molecule has 1 aliphatic rings. The lowest BCUT2D eigenvalue weighted by Crippen LogP contribution is -1.97. The van der Waals surface area contributed by atoms with Gasteiger partial charge in [-0.25, -0.2) is 0 Å². The highest BCUT2D eigenvalue weighted by Crippen LogP contribution is 2.38. The number of hydrogen-bond acceptors (Lipinski definition) is 2. The van der Waals surface area contributed by atoms with Crippen molar-refractivity contribution < 1.29 is 0 Å². The van der Waals surface area contributed by atoms with Gasteiger partial charge in [-0.2, -0.15) is 5.10 Å². The zero-order valence-electron chi connectivity index (χ0n) is 10.7. The molecule has 18 heavy (non-hydrogen) atoms. The molecule has 1 saturated carbocycles. The highest BCUT2D eigenvalue weighted by Gasteiger charge is 2.27. The van der Waals surface area contributed by atoms with Crippen LogP contribution in [-0.2, 0) is 0 Å². The standard InChI is InChI=1S/C14H17N3S/c1-9(2)10-3-5-11(6-4-10)13-15-16-14(18)17(13)12-7-8-12/h3-6,9,12H,7-8H2,1-2H3,(H,16,18). The molecule has 1 aliphatic carbocycles. The maximum absolute atomic E-state index is 5.30. The third kappa shape index (κ3) is 2.01. The van der Waals surface area contributed by atoms with Crippen LogP contribution in [0, 0.1) is 4.77 Å². The Morgan fingerprint density at radius 3 is 2.50 bits per heavy atom. The van der Waals surface area contributed by atoms with E-state index in [1.807, 2.05) is 0 Å². The van der Waals surface area contributed by atoms with Crippen molar-refractivity contribution in [2.45, 2.75) is 38.6 Å². The number of nitrogens with zero attached hydrogens (tertiary/aromatic N) is 2. The van der Waals surface area contributed by atoms with E-state index in [2.05, 4.69) is 52.9 Å². The quantitative estimate of drug-likeness (QED) is 0.843. The van der Waals surface area contributed by atoms with E-state index in [-0.39, 0.29) is 0 Å². The number of nitrogens with one attached hydrogen (secondary N) is 1. The Morgan fingerprint density at radius 1 is 1.28 bits per heavy atom. The Balaban J connectivity index is 2.02. The molecular formula is C14H17N3S. The minimum atomic E-state index is 0.552. The normalized spacial score (nSPS) is 15.3. The van der Waals surface area contributed by atoms with Crippen LogP contribution in [0.1, 0.15) is 44.2 Å². The van der Waals surface area contributed by atoms with E-state index in [1.54, 1.807) is 0 Å². The smallest absolute Gasteiger partial charge is 0.195 e. The molecule has 0 atom stereocenters. The summed E-state index contributed by atoms with van der Waals surface area (Å²) in [6.07, 6.45) is 2.43. The van der Waals surface area contributed by atoms with E-state index in [0.29, 0.717) is 12.0 Å². The fourth-order valence-electron chi connectivity index (χ4n) is 2.20. The highest BCUT2D eigenvalue weighted by molar-refractivity contribution is 7.71.